The molecule has 0 aliphatic carbocycles. The minimum absolute atomic E-state index is 0.0338. The lowest BCUT2D eigenvalue weighted by Gasteiger charge is -2.29. The maximum Gasteiger partial charge on any atom is 0.337 e. The normalized spacial score (nSPS) is 20.2. The van der Waals surface area contributed by atoms with Gasteiger partial charge in [-0.15, -0.1) is 0 Å². The summed E-state index contributed by atoms with van der Waals surface area (Å²) in [6.07, 6.45) is 0.797. The van der Waals surface area contributed by atoms with E-state index in [2.05, 4.69) is 0 Å². The highest BCUT2D eigenvalue weighted by Crippen LogP contribution is 2.32. The van der Waals surface area contributed by atoms with Crippen LogP contribution >= 0.6 is 0 Å². The smallest absolute Gasteiger partial charge is 0.337 e. The highest BCUT2D eigenvalue weighted by molar-refractivity contribution is 7.89. The first-order valence-electron chi connectivity index (χ1n) is 12.0. The van der Waals surface area contributed by atoms with Crippen LogP contribution in [0.25, 0.3) is 10.8 Å². The fourth-order valence-corrected chi connectivity index (χ4v) is 6.47. The Bertz CT molecular complexity index is 1460. The molecule has 3 aromatic rings. The van der Waals surface area contributed by atoms with Crippen molar-refractivity contribution in [2.75, 3.05) is 25.2 Å². The van der Waals surface area contributed by atoms with Crippen LogP contribution in [0.3, 0.4) is 0 Å². The first-order chi connectivity index (χ1) is 17.8. The van der Waals surface area contributed by atoms with Crippen LogP contribution in [0.5, 0.6) is 0 Å². The molecule has 0 radical (unpaired) electrons. The Balaban J connectivity index is 1.49. The van der Waals surface area contributed by atoms with Crippen molar-refractivity contribution in [3.63, 3.8) is 0 Å². The molecule has 0 bridgehead atoms. The summed E-state index contributed by atoms with van der Waals surface area (Å²) in [5.74, 6) is -1.71. The number of carbonyl (C=O) groups is 3. The number of nitrogens with zero attached hydrogens (tertiary/aromatic N) is 2. The third-order valence-electron chi connectivity index (χ3n) is 6.75. The van der Waals surface area contributed by atoms with Gasteiger partial charge in [-0.25, -0.2) is 18.1 Å². The standard InChI is InChI=1S/C27H26N2O7S/c1-35-27(32)19-8-11-21(12-9-19)29-25(30)16-24(26(29)31)28(17-22-7-4-14-36-22)37(33,34)23-13-10-18-5-2-3-6-20(18)15-23/h2-3,5-6,8-13,15,22,24H,4,7,14,16-17H2,1H3. The number of sulfonamides is 1. The highest BCUT2D eigenvalue weighted by Gasteiger charge is 2.47. The van der Waals surface area contributed by atoms with Crippen molar-refractivity contribution in [1.29, 1.82) is 0 Å². The molecule has 10 heteroatoms. The van der Waals surface area contributed by atoms with Crippen molar-refractivity contribution < 1.29 is 32.3 Å². The van der Waals surface area contributed by atoms with Gasteiger partial charge in [-0.3, -0.25) is 9.59 Å². The molecule has 9 nitrogen and oxygen atoms in total. The van der Waals surface area contributed by atoms with Gasteiger partial charge in [0.15, 0.2) is 0 Å². The molecule has 0 saturated carbocycles. The molecule has 0 spiro atoms. The number of carbonyl (C=O) groups excluding carboxylic acids is 3. The van der Waals surface area contributed by atoms with Crippen molar-refractivity contribution in [2.45, 2.75) is 36.3 Å². The molecule has 5 rings (SSSR count). The Morgan fingerprint density at radius 3 is 2.46 bits per heavy atom. The van der Waals surface area contributed by atoms with Gasteiger partial charge in [0, 0.05) is 13.2 Å². The van der Waals surface area contributed by atoms with E-state index in [1.807, 2.05) is 24.3 Å². The number of hydrogen-bond acceptors (Lipinski definition) is 7. The summed E-state index contributed by atoms with van der Waals surface area (Å²) in [4.78, 5) is 39.4. The second-order valence-corrected chi connectivity index (χ2v) is 10.9. The van der Waals surface area contributed by atoms with Crippen molar-refractivity contribution in [3.05, 3.63) is 72.3 Å². The summed E-state index contributed by atoms with van der Waals surface area (Å²) < 4.78 is 39.4. The predicted octanol–water partition coefficient (Wildman–Crippen LogP) is 3.13. The Labute approximate surface area is 214 Å². The molecule has 0 aromatic heterocycles. The van der Waals surface area contributed by atoms with Gasteiger partial charge >= 0.3 is 5.97 Å². The lowest BCUT2D eigenvalue weighted by atomic mass is 10.1. The van der Waals surface area contributed by atoms with E-state index in [0.717, 1.165) is 26.4 Å². The summed E-state index contributed by atoms with van der Waals surface area (Å²) >= 11 is 0. The average molecular weight is 523 g/mol. The summed E-state index contributed by atoms with van der Waals surface area (Å²) in [6, 6.07) is 16.8. The van der Waals surface area contributed by atoms with Crippen molar-refractivity contribution in [2.24, 2.45) is 0 Å². The summed E-state index contributed by atoms with van der Waals surface area (Å²) in [7, 11) is -2.90. The number of anilines is 1. The fourth-order valence-electron chi connectivity index (χ4n) is 4.82. The lowest BCUT2D eigenvalue weighted by Crippen LogP contribution is -2.48. The van der Waals surface area contributed by atoms with Gasteiger partial charge in [0.2, 0.25) is 15.9 Å². The molecule has 2 fully saturated rings. The molecular weight excluding hydrogens is 496 g/mol. The molecule has 2 unspecified atom stereocenters. The van der Waals surface area contributed by atoms with E-state index < -0.39 is 33.8 Å². The molecule has 2 aliphatic rings. The quantitative estimate of drug-likeness (QED) is 0.346. The van der Waals surface area contributed by atoms with E-state index in [9.17, 15) is 22.8 Å². The van der Waals surface area contributed by atoms with Gasteiger partial charge in [-0.2, -0.15) is 4.31 Å². The second-order valence-electron chi connectivity index (χ2n) is 9.04. The van der Waals surface area contributed by atoms with Gasteiger partial charge in [0.1, 0.15) is 6.04 Å². The number of benzene rings is 3. The maximum atomic E-state index is 13.9. The molecule has 2 atom stereocenters. The van der Waals surface area contributed by atoms with E-state index in [4.69, 9.17) is 9.47 Å². The van der Waals surface area contributed by atoms with Crippen LogP contribution in [0.4, 0.5) is 5.69 Å². The zero-order valence-electron chi connectivity index (χ0n) is 20.2. The first-order valence-corrected chi connectivity index (χ1v) is 13.4. The molecule has 2 amide bonds. The fraction of sp³-hybridized carbons (Fsp3) is 0.296. The third-order valence-corrected chi connectivity index (χ3v) is 8.62. The minimum atomic E-state index is -4.15. The molecule has 2 saturated heterocycles. The maximum absolute atomic E-state index is 13.9. The number of esters is 1. The summed E-state index contributed by atoms with van der Waals surface area (Å²) in [5.41, 5.74) is 0.520. The second kappa shape index (κ2) is 10.0. The third kappa shape index (κ3) is 4.75. The lowest BCUT2D eigenvalue weighted by molar-refractivity contribution is -0.122. The first kappa shape index (κ1) is 25.1. The largest absolute Gasteiger partial charge is 0.465 e. The van der Waals surface area contributed by atoms with Crippen LogP contribution in [-0.2, 0) is 29.1 Å². The summed E-state index contributed by atoms with van der Waals surface area (Å²) in [5, 5.41) is 1.64. The van der Waals surface area contributed by atoms with Crippen molar-refractivity contribution in [3.8, 4) is 0 Å². The zero-order chi connectivity index (χ0) is 26.2. The number of fused-ring (bicyclic) bond motifs is 1. The Kier molecular flexibility index (Phi) is 6.80. The van der Waals surface area contributed by atoms with E-state index in [1.54, 1.807) is 12.1 Å². The monoisotopic (exact) mass is 522 g/mol. The molecule has 2 aliphatic heterocycles. The Morgan fingerprint density at radius 2 is 1.78 bits per heavy atom. The van der Waals surface area contributed by atoms with Gasteiger partial charge < -0.3 is 9.47 Å². The molecular formula is C27H26N2O7S. The molecule has 2 heterocycles. The van der Waals surface area contributed by atoms with Crippen LogP contribution in [0, 0.1) is 0 Å². The van der Waals surface area contributed by atoms with Gasteiger partial charge in [-0.1, -0.05) is 30.3 Å². The van der Waals surface area contributed by atoms with E-state index >= 15 is 0 Å². The van der Waals surface area contributed by atoms with Gasteiger partial charge in [-0.05, 0) is 60.0 Å². The van der Waals surface area contributed by atoms with E-state index in [1.165, 1.54) is 37.4 Å². The number of amides is 2. The van der Waals surface area contributed by atoms with E-state index in [-0.39, 0.29) is 35.2 Å². The van der Waals surface area contributed by atoms with Crippen LogP contribution < -0.4 is 4.90 Å². The minimum Gasteiger partial charge on any atom is -0.465 e. The number of hydrogen-bond donors (Lipinski definition) is 0. The molecule has 192 valence electrons. The zero-order valence-corrected chi connectivity index (χ0v) is 21.0. The topological polar surface area (TPSA) is 110 Å². The van der Waals surface area contributed by atoms with Gasteiger partial charge in [0.05, 0.1) is 35.8 Å². The van der Waals surface area contributed by atoms with Crippen LogP contribution in [0.2, 0.25) is 0 Å². The Morgan fingerprint density at radius 1 is 1.05 bits per heavy atom. The molecule has 3 aromatic carbocycles. The number of rotatable bonds is 7. The van der Waals surface area contributed by atoms with Crippen LogP contribution in [0.15, 0.2) is 71.6 Å². The van der Waals surface area contributed by atoms with E-state index in [0.29, 0.717) is 13.0 Å². The molecule has 37 heavy (non-hydrogen) atoms. The number of methoxy groups -OCH3 is 1. The Hall–Kier alpha value is -3.60. The average Bonchev–Trinajstić information content (AvgIpc) is 3.53. The summed E-state index contributed by atoms with van der Waals surface area (Å²) in [6.45, 7) is 0.485. The molecule has 0 N–H and O–H groups in total. The van der Waals surface area contributed by atoms with Crippen molar-refractivity contribution in [1.82, 2.24) is 4.31 Å². The SMILES string of the molecule is COC(=O)c1ccc(N2C(=O)CC(N(CC3CCCO3)S(=O)(=O)c3ccc4ccccc4c3)C2=O)cc1. The number of imide groups is 1. The van der Waals surface area contributed by atoms with Gasteiger partial charge in [0.25, 0.3) is 5.91 Å². The number of ether oxygens (including phenoxy) is 2. The van der Waals surface area contributed by atoms with Crippen molar-refractivity contribution >= 4 is 44.3 Å². The highest BCUT2D eigenvalue weighted by atomic mass is 32.2. The predicted molar refractivity (Wildman–Crippen MR) is 135 cm³/mol. The van der Waals surface area contributed by atoms with Crippen LogP contribution in [-0.4, -0.2) is 62.9 Å². The van der Waals surface area contributed by atoms with Crippen LogP contribution in [0.1, 0.15) is 29.6 Å².